The Labute approximate surface area is 133 Å². The fourth-order valence-electron chi connectivity index (χ4n) is 4.16. The smallest absolute Gasteiger partial charge is 0.0991 e. The van der Waals surface area contributed by atoms with Crippen LogP contribution in [0.1, 0.15) is 30.4 Å². The van der Waals surface area contributed by atoms with E-state index in [9.17, 15) is 5.11 Å². The number of nitriles is 1. The molecule has 1 aromatic rings. The summed E-state index contributed by atoms with van der Waals surface area (Å²) in [6, 6.07) is 10.5. The van der Waals surface area contributed by atoms with E-state index in [1.165, 1.54) is 12.0 Å². The van der Waals surface area contributed by atoms with E-state index in [1.54, 1.807) is 0 Å². The van der Waals surface area contributed by atoms with Gasteiger partial charge >= 0.3 is 0 Å². The van der Waals surface area contributed by atoms with E-state index < -0.39 is 0 Å². The summed E-state index contributed by atoms with van der Waals surface area (Å²) in [6.07, 6.45) is 3.43. The number of aliphatic hydroxyl groups excluding tert-OH is 1. The minimum atomic E-state index is 0.105. The van der Waals surface area contributed by atoms with Crippen molar-refractivity contribution >= 4 is 0 Å². The zero-order chi connectivity index (χ0) is 15.6. The average Bonchev–Trinajstić information content (AvgIpc) is 2.56. The normalized spacial score (nSPS) is 29.8. The second kappa shape index (κ2) is 6.37. The van der Waals surface area contributed by atoms with Crippen molar-refractivity contribution in [2.75, 3.05) is 33.3 Å². The molecule has 2 saturated heterocycles. The lowest BCUT2D eigenvalue weighted by Crippen LogP contribution is -2.61. The average molecular weight is 299 g/mol. The molecule has 2 fully saturated rings. The summed E-state index contributed by atoms with van der Waals surface area (Å²) in [5.74, 6) is 0. The van der Waals surface area contributed by atoms with Crippen molar-refractivity contribution in [3.8, 4) is 6.07 Å². The molecule has 2 aliphatic rings. The first kappa shape index (κ1) is 15.5. The van der Waals surface area contributed by atoms with Gasteiger partial charge in [0.05, 0.1) is 18.2 Å². The third-order valence-corrected chi connectivity index (χ3v) is 5.59. The predicted molar refractivity (Wildman–Crippen MR) is 86.2 cm³/mol. The number of piperidine rings is 2. The molecule has 22 heavy (non-hydrogen) atoms. The van der Waals surface area contributed by atoms with Crippen molar-refractivity contribution in [1.29, 1.82) is 5.26 Å². The molecule has 0 bridgehead atoms. The van der Waals surface area contributed by atoms with Gasteiger partial charge in [-0.1, -0.05) is 12.1 Å². The Morgan fingerprint density at radius 3 is 2.73 bits per heavy atom. The van der Waals surface area contributed by atoms with Gasteiger partial charge in [0.15, 0.2) is 0 Å². The molecule has 4 nitrogen and oxygen atoms in total. The third kappa shape index (κ3) is 2.89. The van der Waals surface area contributed by atoms with Crippen LogP contribution in [0.15, 0.2) is 24.3 Å². The van der Waals surface area contributed by atoms with Gasteiger partial charge in [0, 0.05) is 24.5 Å². The Hall–Kier alpha value is -1.41. The number of fused-ring (bicyclic) bond motifs is 1. The van der Waals surface area contributed by atoms with E-state index >= 15 is 0 Å². The van der Waals surface area contributed by atoms with Crippen molar-refractivity contribution in [1.82, 2.24) is 9.80 Å². The molecule has 1 aromatic carbocycles. The van der Waals surface area contributed by atoms with Crippen molar-refractivity contribution in [2.24, 2.45) is 5.41 Å². The van der Waals surface area contributed by atoms with Crippen LogP contribution >= 0.6 is 0 Å². The van der Waals surface area contributed by atoms with Gasteiger partial charge in [-0.2, -0.15) is 5.26 Å². The van der Waals surface area contributed by atoms with Gasteiger partial charge in [0.1, 0.15) is 0 Å². The number of likely N-dealkylation sites (N-methyl/N-ethyl adjacent to an activating group) is 1. The molecule has 0 aromatic heterocycles. The molecule has 0 radical (unpaired) electrons. The van der Waals surface area contributed by atoms with Crippen LogP contribution in [-0.2, 0) is 6.54 Å². The number of likely N-dealkylation sites (tertiary alicyclic amines) is 2. The fourth-order valence-corrected chi connectivity index (χ4v) is 4.16. The van der Waals surface area contributed by atoms with Crippen LogP contribution in [0.2, 0.25) is 0 Å². The summed E-state index contributed by atoms with van der Waals surface area (Å²) >= 11 is 0. The second-order valence-corrected chi connectivity index (χ2v) is 6.91. The van der Waals surface area contributed by atoms with Crippen molar-refractivity contribution in [3.05, 3.63) is 35.4 Å². The predicted octanol–water partition coefficient (Wildman–Crippen LogP) is 1.84. The first-order valence-electron chi connectivity index (χ1n) is 8.19. The molecule has 118 valence electrons. The summed E-state index contributed by atoms with van der Waals surface area (Å²) in [7, 11) is 2.19. The zero-order valence-corrected chi connectivity index (χ0v) is 13.3. The number of hydrogen-bond acceptors (Lipinski definition) is 4. The van der Waals surface area contributed by atoms with E-state index in [0.717, 1.165) is 39.0 Å². The maximum absolute atomic E-state index is 9.95. The number of rotatable bonds is 3. The maximum Gasteiger partial charge on any atom is 0.0991 e. The summed E-state index contributed by atoms with van der Waals surface area (Å²) in [4.78, 5) is 4.92. The Kier molecular flexibility index (Phi) is 4.49. The van der Waals surface area contributed by atoms with Crippen LogP contribution in [-0.4, -0.2) is 54.2 Å². The summed E-state index contributed by atoms with van der Waals surface area (Å²) in [5, 5.41) is 18.8. The van der Waals surface area contributed by atoms with E-state index in [0.29, 0.717) is 18.2 Å². The second-order valence-electron chi connectivity index (χ2n) is 6.91. The first-order chi connectivity index (χ1) is 10.7. The first-order valence-corrected chi connectivity index (χ1v) is 8.19. The van der Waals surface area contributed by atoms with Crippen molar-refractivity contribution in [2.45, 2.75) is 31.8 Å². The Morgan fingerprint density at radius 1 is 1.27 bits per heavy atom. The van der Waals surface area contributed by atoms with Crippen LogP contribution in [0, 0.1) is 16.7 Å². The molecule has 0 spiro atoms. The van der Waals surface area contributed by atoms with Crippen LogP contribution in [0.25, 0.3) is 0 Å². The monoisotopic (exact) mass is 299 g/mol. The minimum Gasteiger partial charge on any atom is -0.396 e. The standard InChI is InChI=1S/C18H25N3O/c1-20-9-2-7-18(14-22)8-10-21(13-17(18)20)12-16-5-3-15(11-19)4-6-16/h3-6,17,22H,2,7-10,12-14H2,1H3/t17-,18-/m1/s1. The van der Waals surface area contributed by atoms with Gasteiger partial charge in [-0.3, -0.25) is 4.90 Å². The summed E-state index contributed by atoms with van der Waals surface area (Å²) < 4.78 is 0. The lowest BCUT2D eigenvalue weighted by Gasteiger charge is -2.53. The van der Waals surface area contributed by atoms with Crippen LogP contribution in [0.3, 0.4) is 0 Å². The van der Waals surface area contributed by atoms with Gasteiger partial charge in [0.25, 0.3) is 0 Å². The quantitative estimate of drug-likeness (QED) is 0.925. The fraction of sp³-hybridized carbons (Fsp3) is 0.611. The molecule has 4 heteroatoms. The Balaban J connectivity index is 1.68. The number of nitrogens with zero attached hydrogens (tertiary/aromatic N) is 3. The largest absolute Gasteiger partial charge is 0.396 e. The lowest BCUT2D eigenvalue weighted by atomic mass is 9.69. The van der Waals surface area contributed by atoms with Crippen molar-refractivity contribution in [3.63, 3.8) is 0 Å². The van der Waals surface area contributed by atoms with E-state index in [4.69, 9.17) is 5.26 Å². The van der Waals surface area contributed by atoms with Gasteiger partial charge in [-0.05, 0) is 57.1 Å². The minimum absolute atomic E-state index is 0.105. The summed E-state index contributed by atoms with van der Waals surface area (Å²) in [5.41, 5.74) is 2.08. The molecule has 2 heterocycles. The number of aliphatic hydroxyl groups is 1. The molecule has 3 rings (SSSR count). The molecule has 0 unspecified atom stereocenters. The van der Waals surface area contributed by atoms with Gasteiger partial charge < -0.3 is 10.0 Å². The maximum atomic E-state index is 9.95. The Morgan fingerprint density at radius 2 is 2.05 bits per heavy atom. The highest BCUT2D eigenvalue weighted by Gasteiger charge is 2.46. The van der Waals surface area contributed by atoms with Crippen LogP contribution in [0.5, 0.6) is 0 Å². The molecule has 0 amide bonds. The molecular formula is C18H25N3O. The molecule has 0 saturated carbocycles. The highest BCUT2D eigenvalue weighted by molar-refractivity contribution is 5.31. The summed E-state index contributed by atoms with van der Waals surface area (Å²) in [6.45, 7) is 4.45. The van der Waals surface area contributed by atoms with Gasteiger partial charge in [-0.25, -0.2) is 0 Å². The molecule has 2 atom stereocenters. The lowest BCUT2D eigenvalue weighted by molar-refractivity contribution is -0.0684. The van der Waals surface area contributed by atoms with Crippen molar-refractivity contribution < 1.29 is 5.11 Å². The van der Waals surface area contributed by atoms with Gasteiger partial charge in [-0.15, -0.1) is 0 Å². The van der Waals surface area contributed by atoms with E-state index in [2.05, 4.69) is 35.0 Å². The van der Waals surface area contributed by atoms with Gasteiger partial charge in [0.2, 0.25) is 0 Å². The highest BCUT2D eigenvalue weighted by atomic mass is 16.3. The Bertz CT molecular complexity index is 550. The SMILES string of the molecule is CN1CCC[C@]2(CO)CCN(Cc3ccc(C#N)cc3)C[C@@H]12. The highest BCUT2D eigenvalue weighted by Crippen LogP contribution is 2.41. The van der Waals surface area contributed by atoms with Crippen LogP contribution < -0.4 is 0 Å². The third-order valence-electron chi connectivity index (χ3n) is 5.59. The molecule has 1 N–H and O–H groups in total. The van der Waals surface area contributed by atoms with E-state index in [1.807, 2.05) is 12.1 Å². The molecule has 0 aliphatic carbocycles. The number of benzene rings is 1. The molecule has 2 aliphatic heterocycles. The topological polar surface area (TPSA) is 50.5 Å². The number of hydrogen-bond donors (Lipinski definition) is 1. The van der Waals surface area contributed by atoms with E-state index in [-0.39, 0.29) is 5.41 Å². The van der Waals surface area contributed by atoms with Crippen LogP contribution in [0.4, 0.5) is 0 Å². The zero-order valence-electron chi connectivity index (χ0n) is 13.3. The molecular weight excluding hydrogens is 274 g/mol.